The number of benzene rings is 3. The number of nitrogens with one attached hydrogen (secondary N) is 2. The number of halogens is 1. The third-order valence-electron chi connectivity index (χ3n) is 7.91. The van der Waals surface area contributed by atoms with Crippen molar-refractivity contribution in [3.8, 4) is 22.5 Å². The van der Waals surface area contributed by atoms with Crippen molar-refractivity contribution in [2.75, 3.05) is 0 Å². The quantitative estimate of drug-likeness (QED) is 0.154. The van der Waals surface area contributed by atoms with E-state index < -0.39 is 0 Å². The highest BCUT2D eigenvalue weighted by Crippen LogP contribution is 2.40. The Morgan fingerprint density at radius 1 is 1.08 bits per heavy atom. The Morgan fingerprint density at radius 3 is 2.56 bits per heavy atom. The number of fused-ring (bicyclic) bond motifs is 1. The average molecular weight is 542 g/mol. The fourth-order valence-electron chi connectivity index (χ4n) is 5.92. The van der Waals surface area contributed by atoms with E-state index in [9.17, 15) is 9.90 Å². The van der Waals surface area contributed by atoms with Gasteiger partial charge >= 0.3 is 0 Å². The summed E-state index contributed by atoms with van der Waals surface area (Å²) in [6, 6.07) is 19.0. The van der Waals surface area contributed by atoms with Crippen molar-refractivity contribution in [3.63, 3.8) is 0 Å². The van der Waals surface area contributed by atoms with E-state index in [-0.39, 0.29) is 17.7 Å². The topological polar surface area (TPSA) is 78.0 Å². The molecule has 1 atom stereocenters. The molecule has 1 amide bonds. The van der Waals surface area contributed by atoms with Crippen molar-refractivity contribution in [2.24, 2.45) is 5.92 Å². The van der Waals surface area contributed by atoms with Gasteiger partial charge in [0, 0.05) is 33.3 Å². The normalized spacial score (nSPS) is 15.1. The molecule has 3 aromatic carbocycles. The van der Waals surface area contributed by atoms with Crippen molar-refractivity contribution in [1.29, 1.82) is 0 Å². The minimum Gasteiger partial charge on any atom is -0.508 e. The number of aromatic amines is 1. The smallest absolute Gasteiger partial charge is 0.251 e. The predicted molar refractivity (Wildman–Crippen MR) is 161 cm³/mol. The summed E-state index contributed by atoms with van der Waals surface area (Å²) in [5.74, 6) is 0.945. The number of carbonyl (C=O) groups excluding carboxylic acids is 1. The van der Waals surface area contributed by atoms with Crippen LogP contribution in [-0.4, -0.2) is 27.0 Å². The molecule has 202 valence electrons. The third kappa shape index (κ3) is 5.89. The molecule has 0 bridgehead atoms. The number of nitrogens with zero attached hydrogens (tertiary/aromatic N) is 1. The molecule has 5 rings (SSSR count). The second kappa shape index (κ2) is 12.1. The largest absolute Gasteiger partial charge is 0.508 e. The van der Waals surface area contributed by atoms with Crippen LogP contribution in [0.5, 0.6) is 0 Å². The number of amides is 1. The molecule has 1 aliphatic rings. The first-order chi connectivity index (χ1) is 19.0. The average Bonchev–Trinajstić information content (AvgIpc) is 3.18. The molecule has 0 radical (unpaired) electrons. The van der Waals surface area contributed by atoms with E-state index in [0.717, 1.165) is 35.0 Å². The van der Waals surface area contributed by atoms with Crippen LogP contribution in [-0.2, 0) is 0 Å². The van der Waals surface area contributed by atoms with Crippen LogP contribution in [0.2, 0.25) is 5.02 Å². The van der Waals surface area contributed by atoms with Crippen molar-refractivity contribution in [3.05, 3.63) is 83.4 Å². The third-order valence-corrected chi connectivity index (χ3v) is 8.22. The number of rotatable bonds is 8. The van der Waals surface area contributed by atoms with Gasteiger partial charge in [-0.1, -0.05) is 87.5 Å². The standard InChI is InChI=1S/C33H36ClN3O2/c1-3-11-28(22-12-6-4-5-7-13-22)37-33(39)23-18-19-24(26(20-23)21(2)38)31-25(14-10-15-27(31)34)32-35-29-16-8-9-17-30(29)36-32/h8-10,14-20,22,28,38H,2-7,11-13H2,1H3,(H,35,36)(H,37,39). The molecule has 1 unspecified atom stereocenters. The predicted octanol–water partition coefficient (Wildman–Crippen LogP) is 8.95. The zero-order valence-electron chi connectivity index (χ0n) is 22.5. The lowest BCUT2D eigenvalue weighted by Crippen LogP contribution is -2.40. The highest BCUT2D eigenvalue weighted by Gasteiger charge is 2.25. The van der Waals surface area contributed by atoms with Gasteiger partial charge in [-0.15, -0.1) is 0 Å². The number of carbonyl (C=O) groups is 1. The summed E-state index contributed by atoms with van der Waals surface area (Å²) in [6.07, 6.45) is 9.35. The Balaban J connectivity index is 1.50. The van der Waals surface area contributed by atoms with Crippen LogP contribution in [0.4, 0.5) is 0 Å². The van der Waals surface area contributed by atoms with Gasteiger partial charge in [-0.3, -0.25) is 4.79 Å². The minimum absolute atomic E-state index is 0.121. The monoisotopic (exact) mass is 541 g/mol. The molecule has 4 aromatic rings. The zero-order valence-corrected chi connectivity index (χ0v) is 23.2. The lowest BCUT2D eigenvalue weighted by Gasteiger charge is -2.27. The maximum Gasteiger partial charge on any atom is 0.251 e. The molecule has 1 heterocycles. The van der Waals surface area contributed by atoms with E-state index in [0.29, 0.717) is 33.5 Å². The van der Waals surface area contributed by atoms with Gasteiger partial charge in [0.15, 0.2) is 0 Å². The Hall–Kier alpha value is -3.57. The van der Waals surface area contributed by atoms with E-state index in [1.165, 1.54) is 38.5 Å². The van der Waals surface area contributed by atoms with Gasteiger partial charge in [0.2, 0.25) is 0 Å². The van der Waals surface area contributed by atoms with E-state index in [1.54, 1.807) is 12.1 Å². The van der Waals surface area contributed by atoms with E-state index >= 15 is 0 Å². The second-order valence-electron chi connectivity index (χ2n) is 10.6. The highest BCUT2D eigenvalue weighted by molar-refractivity contribution is 6.34. The number of imidazole rings is 1. The lowest BCUT2D eigenvalue weighted by molar-refractivity contribution is 0.0914. The van der Waals surface area contributed by atoms with E-state index in [1.807, 2.05) is 48.5 Å². The molecule has 0 saturated heterocycles. The number of para-hydroxylation sites is 2. The van der Waals surface area contributed by atoms with Gasteiger partial charge in [-0.2, -0.15) is 0 Å². The fourth-order valence-corrected chi connectivity index (χ4v) is 6.20. The van der Waals surface area contributed by atoms with Crippen LogP contribution in [0.25, 0.3) is 39.3 Å². The minimum atomic E-state index is -0.122. The first-order valence-corrected chi connectivity index (χ1v) is 14.4. The van der Waals surface area contributed by atoms with Crippen molar-refractivity contribution in [2.45, 2.75) is 64.3 Å². The summed E-state index contributed by atoms with van der Waals surface area (Å²) < 4.78 is 0. The Morgan fingerprint density at radius 2 is 1.85 bits per heavy atom. The van der Waals surface area contributed by atoms with Crippen LogP contribution in [0, 0.1) is 5.92 Å². The summed E-state index contributed by atoms with van der Waals surface area (Å²) in [6.45, 7) is 5.98. The molecule has 5 nitrogen and oxygen atoms in total. The molecule has 39 heavy (non-hydrogen) atoms. The van der Waals surface area contributed by atoms with Crippen LogP contribution < -0.4 is 5.32 Å². The fraction of sp³-hybridized carbons (Fsp3) is 0.333. The van der Waals surface area contributed by atoms with Gasteiger partial charge in [0.25, 0.3) is 5.91 Å². The van der Waals surface area contributed by atoms with Crippen LogP contribution in [0.15, 0.2) is 67.2 Å². The summed E-state index contributed by atoms with van der Waals surface area (Å²) in [5, 5.41) is 14.5. The molecule has 1 fully saturated rings. The van der Waals surface area contributed by atoms with Crippen LogP contribution in [0.3, 0.4) is 0 Å². The number of H-pyrrole nitrogens is 1. The SMILES string of the molecule is C=C(O)c1cc(C(=O)NC(CCC)C2CCCCCC2)ccc1-c1c(Cl)cccc1-c1nc2ccccc2[nH]1. The Bertz CT molecular complexity index is 1450. The van der Waals surface area contributed by atoms with Crippen molar-refractivity contribution < 1.29 is 9.90 Å². The summed E-state index contributed by atoms with van der Waals surface area (Å²) >= 11 is 6.76. The number of aliphatic hydroxyl groups is 1. The molecule has 0 spiro atoms. The maximum absolute atomic E-state index is 13.5. The first kappa shape index (κ1) is 27.0. The molecule has 0 aliphatic heterocycles. The Labute approximate surface area is 235 Å². The van der Waals surface area contributed by atoms with Crippen molar-refractivity contribution in [1.82, 2.24) is 15.3 Å². The number of hydrogen-bond acceptors (Lipinski definition) is 3. The summed E-state index contributed by atoms with van der Waals surface area (Å²) in [7, 11) is 0. The van der Waals surface area contributed by atoms with Gasteiger partial charge in [-0.25, -0.2) is 4.98 Å². The van der Waals surface area contributed by atoms with Gasteiger partial charge in [0.05, 0.1) is 11.0 Å². The number of aromatic nitrogens is 2. The maximum atomic E-state index is 13.5. The number of hydrogen-bond donors (Lipinski definition) is 3. The summed E-state index contributed by atoms with van der Waals surface area (Å²) in [5.41, 5.74) is 4.95. The number of aliphatic hydroxyl groups excluding tert-OH is 1. The second-order valence-corrected chi connectivity index (χ2v) is 11.0. The zero-order chi connectivity index (χ0) is 27.4. The van der Waals surface area contributed by atoms with Gasteiger partial charge < -0.3 is 15.4 Å². The Kier molecular flexibility index (Phi) is 8.37. The molecule has 1 aliphatic carbocycles. The van der Waals surface area contributed by atoms with Crippen LogP contribution >= 0.6 is 11.6 Å². The first-order valence-electron chi connectivity index (χ1n) is 14.0. The van der Waals surface area contributed by atoms with Gasteiger partial charge in [0.1, 0.15) is 11.6 Å². The van der Waals surface area contributed by atoms with Gasteiger partial charge in [-0.05, 0) is 61.1 Å². The van der Waals surface area contributed by atoms with E-state index in [2.05, 4.69) is 23.8 Å². The van der Waals surface area contributed by atoms with Crippen molar-refractivity contribution >= 4 is 34.3 Å². The highest BCUT2D eigenvalue weighted by atomic mass is 35.5. The lowest BCUT2D eigenvalue weighted by atomic mass is 9.88. The van der Waals surface area contributed by atoms with E-state index in [4.69, 9.17) is 16.6 Å². The molecule has 1 saturated carbocycles. The molecule has 6 heteroatoms. The van der Waals surface area contributed by atoms with Crippen LogP contribution in [0.1, 0.15) is 74.2 Å². The molecule has 3 N–H and O–H groups in total. The molecular weight excluding hydrogens is 506 g/mol. The molecule has 1 aromatic heterocycles. The molecular formula is C33H36ClN3O2. The summed E-state index contributed by atoms with van der Waals surface area (Å²) in [4.78, 5) is 21.6.